The van der Waals surface area contributed by atoms with Crippen molar-refractivity contribution < 1.29 is 13.9 Å². The molecule has 19 heavy (non-hydrogen) atoms. The Kier molecular flexibility index (Phi) is 5.15. The summed E-state index contributed by atoms with van der Waals surface area (Å²) in [5.74, 6) is 0.509. The van der Waals surface area contributed by atoms with Gasteiger partial charge in [0.25, 0.3) is 0 Å². The zero-order chi connectivity index (χ0) is 13.5. The van der Waals surface area contributed by atoms with Crippen molar-refractivity contribution in [3.63, 3.8) is 0 Å². The van der Waals surface area contributed by atoms with Gasteiger partial charge in [0.15, 0.2) is 0 Å². The van der Waals surface area contributed by atoms with Gasteiger partial charge in [0, 0.05) is 19.6 Å². The van der Waals surface area contributed by atoms with Crippen molar-refractivity contribution >= 4 is 5.91 Å². The molecule has 1 aromatic carbocycles. The van der Waals surface area contributed by atoms with Crippen LogP contribution in [0.3, 0.4) is 0 Å². The maximum absolute atomic E-state index is 12.7. The highest BCUT2D eigenvalue weighted by Crippen LogP contribution is 2.11. The van der Waals surface area contributed by atoms with E-state index in [0.29, 0.717) is 18.9 Å². The normalized spacial score (nSPS) is 16.8. The van der Waals surface area contributed by atoms with Gasteiger partial charge in [-0.1, -0.05) is 0 Å². The van der Waals surface area contributed by atoms with Gasteiger partial charge in [-0.05, 0) is 37.1 Å². The van der Waals surface area contributed by atoms with Gasteiger partial charge in [-0.2, -0.15) is 0 Å². The molecule has 1 saturated heterocycles. The van der Waals surface area contributed by atoms with E-state index in [1.54, 1.807) is 12.1 Å². The van der Waals surface area contributed by atoms with E-state index in [-0.39, 0.29) is 11.7 Å². The second-order valence-electron chi connectivity index (χ2n) is 4.64. The molecule has 0 spiro atoms. The van der Waals surface area contributed by atoms with E-state index >= 15 is 0 Å². The number of hydrogen-bond acceptors (Lipinski definition) is 3. The molecular weight excluding hydrogens is 247 g/mol. The van der Waals surface area contributed by atoms with Gasteiger partial charge in [0.2, 0.25) is 5.91 Å². The average Bonchev–Trinajstić information content (AvgIpc) is 2.61. The molecule has 1 N–H and O–H groups in total. The number of nitrogens with zero attached hydrogens (tertiary/aromatic N) is 1. The lowest BCUT2D eigenvalue weighted by molar-refractivity contribution is -0.121. The molecule has 0 aliphatic carbocycles. The minimum absolute atomic E-state index is 0.0944. The van der Waals surface area contributed by atoms with Gasteiger partial charge >= 0.3 is 0 Å². The predicted molar refractivity (Wildman–Crippen MR) is 70.6 cm³/mol. The minimum Gasteiger partial charge on any atom is -0.494 e. The van der Waals surface area contributed by atoms with Gasteiger partial charge < -0.3 is 10.1 Å². The molecule has 1 amide bonds. The van der Waals surface area contributed by atoms with E-state index in [9.17, 15) is 9.18 Å². The SMILES string of the molecule is O=C1CN(CCCOc2ccc(F)cc2)CCCN1. The van der Waals surface area contributed by atoms with E-state index < -0.39 is 0 Å². The summed E-state index contributed by atoms with van der Waals surface area (Å²) in [6.07, 6.45) is 1.84. The molecule has 5 heteroatoms. The molecule has 1 aliphatic heterocycles. The van der Waals surface area contributed by atoms with E-state index in [1.807, 2.05) is 0 Å². The predicted octanol–water partition coefficient (Wildman–Crippen LogP) is 1.42. The van der Waals surface area contributed by atoms with Crippen molar-refractivity contribution in [3.8, 4) is 5.75 Å². The molecule has 1 heterocycles. The van der Waals surface area contributed by atoms with Crippen LogP contribution in [0, 0.1) is 5.82 Å². The standard InChI is InChI=1S/C14H19FN2O2/c15-12-3-5-13(6-4-12)19-10-2-9-17-8-1-7-16-14(18)11-17/h3-6H,1-2,7-11H2,(H,16,18). The summed E-state index contributed by atoms with van der Waals surface area (Å²) in [4.78, 5) is 13.5. The summed E-state index contributed by atoms with van der Waals surface area (Å²) >= 11 is 0. The van der Waals surface area contributed by atoms with Crippen molar-refractivity contribution in [1.82, 2.24) is 10.2 Å². The van der Waals surface area contributed by atoms with Crippen molar-refractivity contribution in [1.29, 1.82) is 0 Å². The van der Waals surface area contributed by atoms with Crippen LogP contribution in [0.1, 0.15) is 12.8 Å². The first-order chi connectivity index (χ1) is 9.24. The maximum atomic E-state index is 12.7. The zero-order valence-electron chi connectivity index (χ0n) is 10.9. The largest absolute Gasteiger partial charge is 0.494 e. The van der Waals surface area contributed by atoms with Crippen molar-refractivity contribution in [2.24, 2.45) is 0 Å². The van der Waals surface area contributed by atoms with E-state index in [0.717, 1.165) is 32.5 Å². The third kappa shape index (κ3) is 4.87. The molecule has 0 atom stereocenters. The van der Waals surface area contributed by atoms with Crippen LogP contribution >= 0.6 is 0 Å². The summed E-state index contributed by atoms with van der Waals surface area (Å²) in [6, 6.07) is 6.01. The Morgan fingerprint density at radius 1 is 1.32 bits per heavy atom. The molecule has 0 saturated carbocycles. The Hall–Kier alpha value is -1.62. The second kappa shape index (κ2) is 7.09. The molecule has 0 radical (unpaired) electrons. The molecule has 2 rings (SSSR count). The topological polar surface area (TPSA) is 41.6 Å². The van der Waals surface area contributed by atoms with Gasteiger partial charge in [0.1, 0.15) is 11.6 Å². The Morgan fingerprint density at radius 3 is 2.89 bits per heavy atom. The number of nitrogens with one attached hydrogen (secondary N) is 1. The molecule has 0 bridgehead atoms. The second-order valence-corrected chi connectivity index (χ2v) is 4.64. The van der Waals surface area contributed by atoms with Crippen LogP contribution in [-0.2, 0) is 4.79 Å². The first-order valence-corrected chi connectivity index (χ1v) is 6.61. The lowest BCUT2D eigenvalue weighted by Crippen LogP contribution is -2.34. The highest BCUT2D eigenvalue weighted by atomic mass is 19.1. The average molecular weight is 266 g/mol. The van der Waals surface area contributed by atoms with Crippen LogP contribution in [0.25, 0.3) is 0 Å². The van der Waals surface area contributed by atoms with Gasteiger partial charge in [-0.3, -0.25) is 9.69 Å². The molecule has 0 unspecified atom stereocenters. The maximum Gasteiger partial charge on any atom is 0.234 e. The molecule has 4 nitrogen and oxygen atoms in total. The Bertz CT molecular complexity index is 408. The summed E-state index contributed by atoms with van der Waals surface area (Å²) in [5, 5.41) is 2.85. The fourth-order valence-electron chi connectivity index (χ4n) is 2.07. The Balaban J connectivity index is 1.65. The number of halogens is 1. The highest BCUT2D eigenvalue weighted by molar-refractivity contribution is 5.78. The molecule has 0 aromatic heterocycles. The van der Waals surface area contributed by atoms with Crippen molar-refractivity contribution in [2.45, 2.75) is 12.8 Å². The number of carbonyl (C=O) groups excluding carboxylic acids is 1. The van der Waals surface area contributed by atoms with Gasteiger partial charge in [-0.25, -0.2) is 4.39 Å². The lowest BCUT2D eigenvalue weighted by atomic mass is 10.3. The van der Waals surface area contributed by atoms with Crippen LogP contribution in [0.15, 0.2) is 24.3 Å². The molecule has 104 valence electrons. The highest BCUT2D eigenvalue weighted by Gasteiger charge is 2.13. The summed E-state index contributed by atoms with van der Waals surface area (Å²) in [7, 11) is 0. The number of benzene rings is 1. The zero-order valence-corrected chi connectivity index (χ0v) is 10.9. The molecular formula is C14H19FN2O2. The summed E-state index contributed by atoms with van der Waals surface area (Å²) < 4.78 is 18.2. The minimum atomic E-state index is -0.261. The van der Waals surface area contributed by atoms with E-state index in [1.165, 1.54) is 12.1 Å². The van der Waals surface area contributed by atoms with Crippen LogP contribution < -0.4 is 10.1 Å². The molecule has 1 aromatic rings. The van der Waals surface area contributed by atoms with Crippen molar-refractivity contribution in [2.75, 3.05) is 32.8 Å². The number of ether oxygens (including phenoxy) is 1. The quantitative estimate of drug-likeness (QED) is 0.819. The van der Waals surface area contributed by atoms with Crippen LogP contribution in [0.5, 0.6) is 5.75 Å². The van der Waals surface area contributed by atoms with Crippen LogP contribution in [-0.4, -0.2) is 43.6 Å². The van der Waals surface area contributed by atoms with E-state index in [4.69, 9.17) is 4.74 Å². The summed E-state index contributed by atoms with van der Waals surface area (Å²) in [6.45, 7) is 3.59. The number of carbonyl (C=O) groups is 1. The smallest absolute Gasteiger partial charge is 0.234 e. The van der Waals surface area contributed by atoms with Crippen LogP contribution in [0.4, 0.5) is 4.39 Å². The monoisotopic (exact) mass is 266 g/mol. The first-order valence-electron chi connectivity index (χ1n) is 6.61. The van der Waals surface area contributed by atoms with Crippen LogP contribution in [0.2, 0.25) is 0 Å². The summed E-state index contributed by atoms with van der Waals surface area (Å²) in [5.41, 5.74) is 0. The van der Waals surface area contributed by atoms with Gasteiger partial charge in [0.05, 0.1) is 13.2 Å². The fraction of sp³-hybridized carbons (Fsp3) is 0.500. The number of amides is 1. The van der Waals surface area contributed by atoms with Crippen molar-refractivity contribution in [3.05, 3.63) is 30.1 Å². The van der Waals surface area contributed by atoms with Gasteiger partial charge in [-0.15, -0.1) is 0 Å². The molecule has 1 fully saturated rings. The lowest BCUT2D eigenvalue weighted by Gasteiger charge is -2.18. The fourth-order valence-corrected chi connectivity index (χ4v) is 2.07. The Labute approximate surface area is 112 Å². The third-order valence-corrected chi connectivity index (χ3v) is 3.04. The van der Waals surface area contributed by atoms with E-state index in [2.05, 4.69) is 10.2 Å². The number of rotatable bonds is 5. The number of hydrogen-bond donors (Lipinski definition) is 1. The third-order valence-electron chi connectivity index (χ3n) is 3.04. The Morgan fingerprint density at radius 2 is 2.11 bits per heavy atom. The first kappa shape index (κ1) is 13.8. The molecule has 1 aliphatic rings.